The summed E-state index contributed by atoms with van der Waals surface area (Å²) in [6.07, 6.45) is 0. The van der Waals surface area contributed by atoms with Gasteiger partial charge in [-0.3, -0.25) is 4.68 Å². The molecule has 0 saturated carbocycles. The van der Waals surface area contributed by atoms with Crippen molar-refractivity contribution in [2.24, 2.45) is 7.05 Å². The third-order valence-electron chi connectivity index (χ3n) is 2.21. The van der Waals surface area contributed by atoms with Gasteiger partial charge in [0.1, 0.15) is 5.82 Å². The maximum atomic E-state index is 4.41. The molecular weight excluding hydrogens is 174 g/mol. The van der Waals surface area contributed by atoms with Gasteiger partial charge in [0.2, 0.25) is 0 Å². The van der Waals surface area contributed by atoms with E-state index < -0.39 is 0 Å². The Morgan fingerprint density at radius 3 is 2.50 bits per heavy atom. The molecule has 72 valence electrons. The summed E-state index contributed by atoms with van der Waals surface area (Å²) in [5, 5.41) is 7.49. The van der Waals surface area contributed by atoms with Crippen LogP contribution in [0.1, 0.15) is 0 Å². The molecule has 0 spiro atoms. The molecule has 2 aromatic rings. The number of rotatable bonds is 2. The van der Waals surface area contributed by atoms with Crippen molar-refractivity contribution in [3.63, 3.8) is 0 Å². The Hall–Kier alpha value is -1.77. The zero-order valence-electron chi connectivity index (χ0n) is 8.36. The summed E-state index contributed by atoms with van der Waals surface area (Å²) >= 11 is 0. The SMILES string of the molecule is CNc1cc(-c2ccccc2)nn1C. The van der Waals surface area contributed by atoms with Crippen LogP contribution in [0, 0.1) is 0 Å². The first-order chi connectivity index (χ1) is 6.81. The Kier molecular flexibility index (Phi) is 2.23. The number of hydrogen-bond acceptors (Lipinski definition) is 2. The van der Waals surface area contributed by atoms with Crippen LogP contribution < -0.4 is 5.32 Å². The molecule has 2 rings (SSSR count). The Morgan fingerprint density at radius 1 is 1.21 bits per heavy atom. The monoisotopic (exact) mass is 187 g/mol. The van der Waals surface area contributed by atoms with E-state index in [4.69, 9.17) is 0 Å². The van der Waals surface area contributed by atoms with Crippen LogP contribution in [0.5, 0.6) is 0 Å². The second-order valence-electron chi connectivity index (χ2n) is 3.15. The first-order valence-corrected chi connectivity index (χ1v) is 4.58. The highest BCUT2D eigenvalue weighted by Crippen LogP contribution is 2.20. The van der Waals surface area contributed by atoms with Crippen molar-refractivity contribution in [3.8, 4) is 11.3 Å². The van der Waals surface area contributed by atoms with Gasteiger partial charge in [-0.05, 0) is 0 Å². The van der Waals surface area contributed by atoms with E-state index in [1.807, 2.05) is 43.0 Å². The van der Waals surface area contributed by atoms with Crippen LogP contribution in [0.3, 0.4) is 0 Å². The number of nitrogens with one attached hydrogen (secondary N) is 1. The Bertz CT molecular complexity index is 417. The lowest BCUT2D eigenvalue weighted by molar-refractivity contribution is 0.778. The number of anilines is 1. The Morgan fingerprint density at radius 2 is 1.93 bits per heavy atom. The van der Waals surface area contributed by atoms with E-state index in [-0.39, 0.29) is 0 Å². The first kappa shape index (κ1) is 8.81. The molecule has 1 heterocycles. The van der Waals surface area contributed by atoms with Crippen LogP contribution in [-0.4, -0.2) is 16.8 Å². The van der Waals surface area contributed by atoms with E-state index in [0.29, 0.717) is 0 Å². The van der Waals surface area contributed by atoms with Crippen molar-refractivity contribution in [3.05, 3.63) is 36.4 Å². The minimum absolute atomic E-state index is 0.998. The van der Waals surface area contributed by atoms with Crippen LogP contribution in [0.4, 0.5) is 5.82 Å². The summed E-state index contributed by atoms with van der Waals surface area (Å²) in [6.45, 7) is 0. The molecule has 3 nitrogen and oxygen atoms in total. The maximum Gasteiger partial charge on any atom is 0.124 e. The molecule has 0 aliphatic carbocycles. The van der Waals surface area contributed by atoms with Gasteiger partial charge in [0.15, 0.2) is 0 Å². The lowest BCUT2D eigenvalue weighted by Crippen LogP contribution is -1.97. The molecule has 0 saturated heterocycles. The third kappa shape index (κ3) is 1.48. The predicted octanol–water partition coefficient (Wildman–Crippen LogP) is 2.13. The standard InChI is InChI=1S/C11H13N3/c1-12-11-8-10(13-14(11)2)9-6-4-3-5-7-9/h3-8,12H,1-2H3. The number of nitrogens with zero attached hydrogens (tertiary/aromatic N) is 2. The molecular formula is C11H13N3. The summed E-state index contributed by atoms with van der Waals surface area (Å²) < 4.78 is 1.84. The summed E-state index contributed by atoms with van der Waals surface area (Å²) in [6, 6.07) is 12.2. The molecule has 1 aromatic heterocycles. The Labute approximate surface area is 83.4 Å². The fraction of sp³-hybridized carbons (Fsp3) is 0.182. The van der Waals surface area contributed by atoms with Crippen LogP contribution in [0.15, 0.2) is 36.4 Å². The quantitative estimate of drug-likeness (QED) is 0.780. The zero-order chi connectivity index (χ0) is 9.97. The van der Waals surface area contributed by atoms with E-state index in [0.717, 1.165) is 17.1 Å². The number of aromatic nitrogens is 2. The van der Waals surface area contributed by atoms with E-state index in [9.17, 15) is 0 Å². The van der Waals surface area contributed by atoms with Gasteiger partial charge < -0.3 is 5.32 Å². The van der Waals surface area contributed by atoms with Crippen molar-refractivity contribution in [1.82, 2.24) is 9.78 Å². The minimum atomic E-state index is 0.998. The maximum absolute atomic E-state index is 4.41. The van der Waals surface area contributed by atoms with Crippen molar-refractivity contribution in [2.75, 3.05) is 12.4 Å². The van der Waals surface area contributed by atoms with Crippen LogP contribution in [-0.2, 0) is 7.05 Å². The van der Waals surface area contributed by atoms with Crippen LogP contribution in [0.25, 0.3) is 11.3 Å². The molecule has 0 bridgehead atoms. The summed E-state index contributed by atoms with van der Waals surface area (Å²) in [4.78, 5) is 0. The van der Waals surface area contributed by atoms with Gasteiger partial charge in [-0.15, -0.1) is 0 Å². The fourth-order valence-electron chi connectivity index (χ4n) is 1.45. The highest BCUT2D eigenvalue weighted by atomic mass is 15.3. The van der Waals surface area contributed by atoms with Gasteiger partial charge in [0.05, 0.1) is 5.69 Å². The summed E-state index contributed by atoms with van der Waals surface area (Å²) in [7, 11) is 3.82. The topological polar surface area (TPSA) is 29.9 Å². The normalized spacial score (nSPS) is 10.1. The highest BCUT2D eigenvalue weighted by Gasteiger charge is 2.04. The lowest BCUT2D eigenvalue weighted by Gasteiger charge is -1.96. The first-order valence-electron chi connectivity index (χ1n) is 4.58. The number of benzene rings is 1. The van der Waals surface area contributed by atoms with Crippen molar-refractivity contribution in [1.29, 1.82) is 0 Å². The van der Waals surface area contributed by atoms with Crippen LogP contribution in [0.2, 0.25) is 0 Å². The largest absolute Gasteiger partial charge is 0.373 e. The average molecular weight is 187 g/mol. The highest BCUT2D eigenvalue weighted by molar-refractivity contribution is 5.62. The van der Waals surface area contributed by atoms with E-state index >= 15 is 0 Å². The van der Waals surface area contributed by atoms with Gasteiger partial charge in [0, 0.05) is 25.7 Å². The molecule has 3 heteroatoms. The van der Waals surface area contributed by atoms with E-state index in [1.54, 1.807) is 0 Å². The average Bonchev–Trinajstić information content (AvgIpc) is 2.61. The number of hydrogen-bond donors (Lipinski definition) is 1. The van der Waals surface area contributed by atoms with Gasteiger partial charge >= 0.3 is 0 Å². The molecule has 0 aliphatic rings. The molecule has 1 N–H and O–H groups in total. The zero-order valence-corrected chi connectivity index (χ0v) is 8.36. The van der Waals surface area contributed by atoms with Crippen LogP contribution >= 0.6 is 0 Å². The number of aryl methyl sites for hydroxylation is 1. The Balaban J connectivity index is 2.43. The third-order valence-corrected chi connectivity index (χ3v) is 2.21. The van der Waals surface area contributed by atoms with Crippen molar-refractivity contribution >= 4 is 5.82 Å². The summed E-state index contributed by atoms with van der Waals surface area (Å²) in [5.74, 6) is 1.02. The second kappa shape index (κ2) is 3.54. The predicted molar refractivity (Wildman–Crippen MR) is 58.2 cm³/mol. The van der Waals surface area contributed by atoms with E-state index in [2.05, 4.69) is 22.5 Å². The molecule has 0 atom stereocenters. The second-order valence-corrected chi connectivity index (χ2v) is 3.15. The van der Waals surface area contributed by atoms with Gasteiger partial charge in [-0.2, -0.15) is 5.10 Å². The minimum Gasteiger partial charge on any atom is -0.373 e. The van der Waals surface area contributed by atoms with E-state index in [1.165, 1.54) is 0 Å². The summed E-state index contributed by atoms with van der Waals surface area (Å²) in [5.41, 5.74) is 2.14. The van der Waals surface area contributed by atoms with Crippen molar-refractivity contribution in [2.45, 2.75) is 0 Å². The van der Waals surface area contributed by atoms with Gasteiger partial charge in [-0.1, -0.05) is 30.3 Å². The van der Waals surface area contributed by atoms with Gasteiger partial charge in [-0.25, -0.2) is 0 Å². The molecule has 0 amide bonds. The smallest absolute Gasteiger partial charge is 0.124 e. The fourth-order valence-corrected chi connectivity index (χ4v) is 1.45. The molecule has 0 aliphatic heterocycles. The molecule has 0 unspecified atom stereocenters. The molecule has 1 aromatic carbocycles. The molecule has 0 fully saturated rings. The molecule has 0 radical (unpaired) electrons. The van der Waals surface area contributed by atoms with Gasteiger partial charge in [0.25, 0.3) is 0 Å². The molecule has 14 heavy (non-hydrogen) atoms. The van der Waals surface area contributed by atoms with Crippen molar-refractivity contribution < 1.29 is 0 Å². The lowest BCUT2D eigenvalue weighted by atomic mass is 10.2.